The van der Waals surface area contributed by atoms with Crippen molar-refractivity contribution in [1.29, 1.82) is 0 Å². The van der Waals surface area contributed by atoms with Crippen molar-refractivity contribution < 1.29 is 22.7 Å². The quantitative estimate of drug-likeness (QED) is 0.755. The molecule has 25 heavy (non-hydrogen) atoms. The Labute approximate surface area is 153 Å². The van der Waals surface area contributed by atoms with Gasteiger partial charge < -0.3 is 9.47 Å². The van der Waals surface area contributed by atoms with Crippen molar-refractivity contribution in [3.05, 3.63) is 23.8 Å². The van der Waals surface area contributed by atoms with Gasteiger partial charge in [0, 0.05) is 31.6 Å². The van der Waals surface area contributed by atoms with Crippen LogP contribution in [0.4, 0.5) is 0 Å². The van der Waals surface area contributed by atoms with Gasteiger partial charge in [-0.05, 0) is 17.7 Å². The molecule has 7 nitrogen and oxygen atoms in total. The fraction of sp³-hybridized carbons (Fsp3) is 0.625. The number of hydroxylamine groups is 2. The zero-order chi connectivity index (χ0) is 18.0. The van der Waals surface area contributed by atoms with Crippen molar-refractivity contribution in [2.45, 2.75) is 11.3 Å². The van der Waals surface area contributed by atoms with Gasteiger partial charge in [0.15, 0.2) is 11.5 Å². The molecule has 0 aromatic heterocycles. The van der Waals surface area contributed by atoms with E-state index in [0.717, 1.165) is 17.1 Å². The molecule has 2 fully saturated rings. The zero-order valence-electron chi connectivity index (χ0n) is 14.7. The van der Waals surface area contributed by atoms with Gasteiger partial charge in [0.1, 0.15) is 5.25 Å². The second-order valence-electron chi connectivity index (χ2n) is 6.00. The molecule has 9 heteroatoms. The van der Waals surface area contributed by atoms with Crippen molar-refractivity contribution in [2.24, 2.45) is 0 Å². The number of nitrogens with zero attached hydrogens (tertiary/aromatic N) is 2. The van der Waals surface area contributed by atoms with Crippen molar-refractivity contribution in [3.63, 3.8) is 0 Å². The first-order valence-electron chi connectivity index (χ1n) is 8.13. The summed E-state index contributed by atoms with van der Waals surface area (Å²) < 4.78 is 38.5. The van der Waals surface area contributed by atoms with Crippen LogP contribution in [0.5, 0.6) is 11.5 Å². The van der Waals surface area contributed by atoms with E-state index in [1.807, 2.05) is 12.1 Å². The first-order valence-corrected chi connectivity index (χ1v) is 10.8. The Balaban J connectivity index is 1.93. The van der Waals surface area contributed by atoms with Gasteiger partial charge in [0.2, 0.25) is 10.0 Å². The van der Waals surface area contributed by atoms with Gasteiger partial charge >= 0.3 is 0 Å². The number of hydrogen-bond acceptors (Lipinski definition) is 7. The summed E-state index contributed by atoms with van der Waals surface area (Å²) in [6.45, 7) is 1.28. The summed E-state index contributed by atoms with van der Waals surface area (Å²) in [5.74, 6) is 2.86. The van der Waals surface area contributed by atoms with Crippen molar-refractivity contribution in [1.82, 2.24) is 9.37 Å². The molecule has 140 valence electrons. The molecule has 2 atom stereocenters. The third-order valence-electron chi connectivity index (χ3n) is 4.65. The van der Waals surface area contributed by atoms with Crippen LogP contribution >= 0.6 is 11.8 Å². The summed E-state index contributed by atoms with van der Waals surface area (Å²) in [6.07, 6.45) is 0. The molecule has 3 rings (SSSR count). The van der Waals surface area contributed by atoms with Crippen LogP contribution in [-0.2, 0) is 14.9 Å². The third kappa shape index (κ3) is 3.61. The minimum absolute atomic E-state index is 0.154. The fourth-order valence-electron chi connectivity index (χ4n) is 3.30. The number of methoxy groups -OCH3 is 2. The largest absolute Gasteiger partial charge is 0.493 e. The molecule has 2 heterocycles. The molecule has 2 aliphatic rings. The van der Waals surface area contributed by atoms with E-state index in [1.54, 1.807) is 48.5 Å². The molecule has 0 radical (unpaired) electrons. The van der Waals surface area contributed by atoms with E-state index in [4.69, 9.17) is 14.3 Å². The molecule has 2 saturated heterocycles. The maximum absolute atomic E-state index is 13.1. The number of ether oxygens (including phenoxy) is 2. The van der Waals surface area contributed by atoms with E-state index in [9.17, 15) is 8.42 Å². The topological polar surface area (TPSA) is 68.3 Å². The average molecular weight is 389 g/mol. The molecule has 2 aliphatic heterocycles. The Morgan fingerprint density at radius 1 is 1.16 bits per heavy atom. The Hall–Kier alpha value is -1.00. The third-order valence-corrected chi connectivity index (χ3v) is 7.83. The van der Waals surface area contributed by atoms with Gasteiger partial charge in [-0.3, -0.25) is 4.84 Å². The molecular weight excluding hydrogens is 364 g/mol. The molecule has 0 unspecified atom stereocenters. The molecule has 0 N–H and O–H groups in total. The Morgan fingerprint density at radius 2 is 1.84 bits per heavy atom. The highest BCUT2D eigenvalue weighted by atomic mass is 32.2. The van der Waals surface area contributed by atoms with E-state index in [1.165, 1.54) is 0 Å². The molecule has 0 bridgehead atoms. The first-order chi connectivity index (χ1) is 12.0. The number of benzene rings is 1. The van der Waals surface area contributed by atoms with Crippen LogP contribution in [0.1, 0.15) is 11.6 Å². The number of rotatable bonds is 5. The van der Waals surface area contributed by atoms with Gasteiger partial charge in [-0.25, -0.2) is 8.42 Å². The Kier molecular flexibility index (Phi) is 5.79. The maximum atomic E-state index is 13.1. The lowest BCUT2D eigenvalue weighted by Crippen LogP contribution is -2.45. The van der Waals surface area contributed by atoms with Crippen LogP contribution in [-0.4, -0.2) is 75.5 Å². The van der Waals surface area contributed by atoms with Gasteiger partial charge in [0.25, 0.3) is 0 Å². The smallest absolute Gasteiger partial charge is 0.221 e. The number of sulfonamides is 1. The predicted molar refractivity (Wildman–Crippen MR) is 97.6 cm³/mol. The fourth-order valence-corrected chi connectivity index (χ4v) is 6.40. The average Bonchev–Trinajstić information content (AvgIpc) is 3.04. The van der Waals surface area contributed by atoms with Crippen LogP contribution in [0.2, 0.25) is 0 Å². The molecule has 0 saturated carbocycles. The van der Waals surface area contributed by atoms with Gasteiger partial charge in [-0.2, -0.15) is 21.1 Å². The van der Waals surface area contributed by atoms with E-state index in [0.29, 0.717) is 24.6 Å². The van der Waals surface area contributed by atoms with Crippen molar-refractivity contribution in [2.75, 3.05) is 52.5 Å². The molecule has 0 spiro atoms. The molecule has 0 aliphatic carbocycles. The predicted octanol–water partition coefficient (Wildman–Crippen LogP) is 1.37. The first kappa shape index (κ1) is 18.8. The molecular formula is C16H24N2O5S2. The molecule has 1 aromatic carbocycles. The van der Waals surface area contributed by atoms with E-state index < -0.39 is 15.3 Å². The van der Waals surface area contributed by atoms with E-state index >= 15 is 0 Å². The molecule has 0 amide bonds. The summed E-state index contributed by atoms with van der Waals surface area (Å²) in [5, 5.41) is 0.987. The summed E-state index contributed by atoms with van der Waals surface area (Å²) >= 11 is 1.79. The summed E-state index contributed by atoms with van der Waals surface area (Å²) in [7, 11) is 1.46. The van der Waals surface area contributed by atoms with Crippen LogP contribution < -0.4 is 9.47 Å². The summed E-state index contributed by atoms with van der Waals surface area (Å²) in [6, 6.07) is 5.09. The monoisotopic (exact) mass is 388 g/mol. The van der Waals surface area contributed by atoms with Crippen LogP contribution in [0.15, 0.2) is 18.2 Å². The van der Waals surface area contributed by atoms with Gasteiger partial charge in [0.05, 0.1) is 26.9 Å². The van der Waals surface area contributed by atoms with E-state index in [2.05, 4.69) is 0 Å². The van der Waals surface area contributed by atoms with Gasteiger partial charge in [-0.15, -0.1) is 0 Å². The number of thioether (sulfide) groups is 1. The highest BCUT2D eigenvalue weighted by Gasteiger charge is 2.46. The molecule has 1 aromatic rings. The summed E-state index contributed by atoms with van der Waals surface area (Å²) in [5.41, 5.74) is 0.831. The number of hydrogen-bond donors (Lipinski definition) is 0. The minimum atomic E-state index is -3.45. The Bertz CT molecular complexity index is 706. The minimum Gasteiger partial charge on any atom is -0.493 e. The van der Waals surface area contributed by atoms with E-state index in [-0.39, 0.29) is 12.6 Å². The lowest BCUT2D eigenvalue weighted by molar-refractivity contribution is -0.110. The second kappa shape index (κ2) is 7.71. The van der Waals surface area contributed by atoms with Crippen molar-refractivity contribution >= 4 is 21.8 Å². The van der Waals surface area contributed by atoms with Crippen molar-refractivity contribution in [3.8, 4) is 11.5 Å². The normalized spacial score (nSPS) is 25.9. The highest BCUT2D eigenvalue weighted by molar-refractivity contribution is 7.99. The SMILES string of the molecule is COc1ccc([C@H]2[C@H](S(=O)(=O)N3CCSCC3)CON2C)cc1OC. The Morgan fingerprint density at radius 3 is 2.48 bits per heavy atom. The van der Waals surface area contributed by atoms with Crippen LogP contribution in [0.3, 0.4) is 0 Å². The maximum Gasteiger partial charge on any atom is 0.221 e. The second-order valence-corrected chi connectivity index (χ2v) is 9.37. The van der Waals surface area contributed by atoms with Crippen LogP contribution in [0.25, 0.3) is 0 Å². The summed E-state index contributed by atoms with van der Waals surface area (Å²) in [4.78, 5) is 5.59. The standard InChI is InChI=1S/C16H24N2O5S2/c1-17-16(12-4-5-13(21-2)14(10-12)22-3)15(11-23-17)25(19,20)18-6-8-24-9-7-18/h4-5,10,15-16H,6-9,11H2,1-3H3/t15-,16+/m1/s1. The van der Waals surface area contributed by atoms with Crippen LogP contribution in [0, 0.1) is 0 Å². The highest BCUT2D eigenvalue weighted by Crippen LogP contribution is 2.38. The lowest BCUT2D eigenvalue weighted by Gasteiger charge is -2.31. The zero-order valence-corrected chi connectivity index (χ0v) is 16.3. The van der Waals surface area contributed by atoms with Gasteiger partial charge in [-0.1, -0.05) is 6.07 Å². The lowest BCUT2D eigenvalue weighted by atomic mass is 10.0.